The second-order valence-corrected chi connectivity index (χ2v) is 5.03. The summed E-state index contributed by atoms with van der Waals surface area (Å²) in [5, 5.41) is 1.28. The predicted molar refractivity (Wildman–Crippen MR) is 77.8 cm³/mol. The molecule has 0 radical (unpaired) electrons. The average Bonchev–Trinajstić information content (AvgIpc) is 2.85. The molecule has 1 nitrogen and oxygen atoms in total. The molecule has 18 heavy (non-hydrogen) atoms. The first-order chi connectivity index (χ1) is 8.75. The van der Waals surface area contributed by atoms with Gasteiger partial charge in [0.25, 0.3) is 0 Å². The standard InChI is InChI=1S/C17H17N/c1-12(2)15-11-17-14(8-9-18-17)10-16(15)13-6-4-3-5-7-13/h3-12,18H,1-2H3. The third-order valence-electron chi connectivity index (χ3n) is 3.43. The Hall–Kier alpha value is -2.02. The summed E-state index contributed by atoms with van der Waals surface area (Å²) in [6.45, 7) is 4.49. The number of nitrogens with one attached hydrogen (secondary N) is 1. The Kier molecular flexibility index (Phi) is 2.67. The lowest BCUT2D eigenvalue weighted by Gasteiger charge is -2.13. The lowest BCUT2D eigenvalue weighted by Crippen LogP contribution is -1.92. The van der Waals surface area contributed by atoms with Gasteiger partial charge in [-0.25, -0.2) is 0 Å². The highest BCUT2D eigenvalue weighted by Gasteiger charge is 2.10. The molecule has 0 amide bonds. The van der Waals surface area contributed by atoms with E-state index < -0.39 is 0 Å². The number of aromatic amines is 1. The minimum atomic E-state index is 0.521. The quantitative estimate of drug-likeness (QED) is 0.646. The van der Waals surface area contributed by atoms with Crippen LogP contribution in [0.5, 0.6) is 0 Å². The largest absolute Gasteiger partial charge is 0.361 e. The normalized spacial score (nSPS) is 11.3. The molecular formula is C17H17N. The van der Waals surface area contributed by atoms with Crippen molar-refractivity contribution in [3.05, 3.63) is 60.3 Å². The zero-order chi connectivity index (χ0) is 12.5. The Labute approximate surface area is 107 Å². The van der Waals surface area contributed by atoms with Crippen LogP contribution in [0.4, 0.5) is 0 Å². The van der Waals surface area contributed by atoms with Gasteiger partial charge in [0.05, 0.1) is 0 Å². The van der Waals surface area contributed by atoms with E-state index in [1.807, 2.05) is 6.20 Å². The summed E-state index contributed by atoms with van der Waals surface area (Å²) in [6.07, 6.45) is 2.00. The van der Waals surface area contributed by atoms with Crippen LogP contribution in [-0.2, 0) is 0 Å². The van der Waals surface area contributed by atoms with E-state index in [4.69, 9.17) is 0 Å². The van der Waals surface area contributed by atoms with E-state index in [0.717, 1.165) is 0 Å². The van der Waals surface area contributed by atoms with E-state index in [2.05, 4.69) is 67.4 Å². The van der Waals surface area contributed by atoms with Crippen molar-refractivity contribution in [1.82, 2.24) is 4.98 Å². The predicted octanol–water partition coefficient (Wildman–Crippen LogP) is 4.96. The molecule has 0 bridgehead atoms. The van der Waals surface area contributed by atoms with Gasteiger partial charge in [0.1, 0.15) is 0 Å². The molecule has 0 aliphatic carbocycles. The molecule has 0 atom stereocenters. The van der Waals surface area contributed by atoms with E-state index in [0.29, 0.717) is 5.92 Å². The smallest absolute Gasteiger partial charge is 0.0457 e. The molecule has 0 fully saturated rings. The average molecular weight is 235 g/mol. The topological polar surface area (TPSA) is 15.8 Å². The summed E-state index contributed by atoms with van der Waals surface area (Å²) >= 11 is 0. The number of H-pyrrole nitrogens is 1. The van der Waals surface area contributed by atoms with Crippen molar-refractivity contribution in [2.75, 3.05) is 0 Å². The molecule has 0 aliphatic heterocycles. The maximum atomic E-state index is 3.29. The van der Waals surface area contributed by atoms with Gasteiger partial charge in [-0.3, -0.25) is 0 Å². The fourth-order valence-corrected chi connectivity index (χ4v) is 2.46. The summed E-state index contributed by atoms with van der Waals surface area (Å²) in [6, 6.07) is 17.3. The SMILES string of the molecule is CC(C)c1cc2[nH]ccc2cc1-c1ccccc1. The maximum absolute atomic E-state index is 3.29. The molecule has 1 heterocycles. The molecule has 0 unspecified atom stereocenters. The monoisotopic (exact) mass is 235 g/mol. The first kappa shape index (κ1) is 11.1. The highest BCUT2D eigenvalue weighted by Crippen LogP contribution is 2.32. The van der Waals surface area contributed by atoms with Gasteiger partial charge in [-0.05, 0) is 46.2 Å². The molecule has 1 aromatic heterocycles. The number of rotatable bonds is 2. The highest BCUT2D eigenvalue weighted by atomic mass is 14.7. The molecule has 0 aliphatic rings. The minimum absolute atomic E-state index is 0.521. The maximum Gasteiger partial charge on any atom is 0.0457 e. The van der Waals surface area contributed by atoms with Crippen LogP contribution < -0.4 is 0 Å². The van der Waals surface area contributed by atoms with Crippen LogP contribution in [0.25, 0.3) is 22.0 Å². The molecule has 3 aromatic rings. The van der Waals surface area contributed by atoms with Gasteiger partial charge in [0, 0.05) is 11.7 Å². The van der Waals surface area contributed by atoms with Crippen LogP contribution in [-0.4, -0.2) is 4.98 Å². The number of hydrogen-bond donors (Lipinski definition) is 1. The molecule has 0 saturated carbocycles. The van der Waals surface area contributed by atoms with Crippen molar-refractivity contribution in [1.29, 1.82) is 0 Å². The second-order valence-electron chi connectivity index (χ2n) is 5.03. The van der Waals surface area contributed by atoms with Crippen molar-refractivity contribution in [3.63, 3.8) is 0 Å². The van der Waals surface area contributed by atoms with Gasteiger partial charge < -0.3 is 4.98 Å². The Morgan fingerprint density at radius 1 is 0.944 bits per heavy atom. The summed E-state index contributed by atoms with van der Waals surface area (Å²) in [7, 11) is 0. The molecule has 1 N–H and O–H groups in total. The fraction of sp³-hybridized carbons (Fsp3) is 0.176. The van der Waals surface area contributed by atoms with Gasteiger partial charge in [-0.2, -0.15) is 0 Å². The van der Waals surface area contributed by atoms with Crippen molar-refractivity contribution >= 4 is 10.9 Å². The van der Waals surface area contributed by atoms with Crippen molar-refractivity contribution in [2.24, 2.45) is 0 Å². The van der Waals surface area contributed by atoms with Gasteiger partial charge in [0.15, 0.2) is 0 Å². The van der Waals surface area contributed by atoms with Crippen LogP contribution in [0.1, 0.15) is 25.3 Å². The van der Waals surface area contributed by atoms with Crippen molar-refractivity contribution in [2.45, 2.75) is 19.8 Å². The van der Waals surface area contributed by atoms with E-state index in [1.165, 1.54) is 27.6 Å². The van der Waals surface area contributed by atoms with Crippen LogP contribution >= 0.6 is 0 Å². The number of benzene rings is 2. The second kappa shape index (κ2) is 4.34. The first-order valence-electron chi connectivity index (χ1n) is 6.42. The van der Waals surface area contributed by atoms with Crippen LogP contribution in [0, 0.1) is 0 Å². The molecule has 90 valence electrons. The van der Waals surface area contributed by atoms with Crippen molar-refractivity contribution < 1.29 is 0 Å². The van der Waals surface area contributed by atoms with E-state index in [9.17, 15) is 0 Å². The number of hydrogen-bond acceptors (Lipinski definition) is 0. The molecular weight excluding hydrogens is 218 g/mol. The van der Waals surface area contributed by atoms with Crippen LogP contribution in [0.2, 0.25) is 0 Å². The molecule has 2 aromatic carbocycles. The molecule has 0 spiro atoms. The fourth-order valence-electron chi connectivity index (χ4n) is 2.46. The summed E-state index contributed by atoms with van der Waals surface area (Å²) in [4.78, 5) is 3.29. The molecule has 3 rings (SSSR count). The third kappa shape index (κ3) is 1.82. The number of fused-ring (bicyclic) bond motifs is 1. The van der Waals surface area contributed by atoms with Crippen LogP contribution in [0.15, 0.2) is 54.7 Å². The Morgan fingerprint density at radius 2 is 1.72 bits per heavy atom. The van der Waals surface area contributed by atoms with E-state index in [1.54, 1.807) is 0 Å². The Bertz CT molecular complexity index is 662. The van der Waals surface area contributed by atoms with E-state index in [-0.39, 0.29) is 0 Å². The van der Waals surface area contributed by atoms with Gasteiger partial charge in [0.2, 0.25) is 0 Å². The van der Waals surface area contributed by atoms with Gasteiger partial charge in [-0.15, -0.1) is 0 Å². The zero-order valence-corrected chi connectivity index (χ0v) is 10.8. The van der Waals surface area contributed by atoms with Crippen molar-refractivity contribution in [3.8, 4) is 11.1 Å². The van der Waals surface area contributed by atoms with E-state index >= 15 is 0 Å². The summed E-state index contributed by atoms with van der Waals surface area (Å²) < 4.78 is 0. The first-order valence-corrected chi connectivity index (χ1v) is 6.42. The zero-order valence-electron chi connectivity index (χ0n) is 10.8. The van der Waals surface area contributed by atoms with Gasteiger partial charge in [-0.1, -0.05) is 44.2 Å². The molecule has 0 saturated heterocycles. The highest BCUT2D eigenvalue weighted by molar-refractivity contribution is 5.87. The lowest BCUT2D eigenvalue weighted by atomic mass is 9.91. The Morgan fingerprint density at radius 3 is 2.44 bits per heavy atom. The number of aromatic nitrogens is 1. The van der Waals surface area contributed by atoms with Gasteiger partial charge >= 0.3 is 0 Å². The summed E-state index contributed by atoms with van der Waals surface area (Å²) in [5.41, 5.74) is 5.26. The Balaban J connectivity index is 2.28. The molecule has 1 heteroatoms. The third-order valence-corrected chi connectivity index (χ3v) is 3.43. The van der Waals surface area contributed by atoms with Crippen LogP contribution in [0.3, 0.4) is 0 Å². The minimum Gasteiger partial charge on any atom is -0.361 e. The summed E-state index contributed by atoms with van der Waals surface area (Å²) in [5.74, 6) is 0.521. The lowest BCUT2D eigenvalue weighted by molar-refractivity contribution is 0.870.